The lowest BCUT2D eigenvalue weighted by Crippen LogP contribution is -3.22. The van der Waals surface area contributed by atoms with E-state index in [1.807, 2.05) is 17.0 Å². The van der Waals surface area contributed by atoms with Crippen LogP contribution in [0.4, 0.5) is 10.1 Å². The lowest BCUT2D eigenvalue weighted by atomic mass is 9.92. The van der Waals surface area contributed by atoms with Crippen LogP contribution in [0.25, 0.3) is 0 Å². The number of piperazine rings is 1. The number of likely N-dealkylation sites (tertiary alicyclic amines) is 1. The zero-order chi connectivity index (χ0) is 18.2. The molecule has 1 saturated carbocycles. The largest absolute Gasteiger partial charge is 0.358 e. The molecule has 2 aliphatic heterocycles. The molecule has 27 heavy (non-hydrogen) atoms. The maximum atomic E-state index is 14.0. The van der Waals surface area contributed by atoms with Crippen molar-refractivity contribution in [2.75, 3.05) is 50.7 Å². The average Bonchev–Trinajstić information content (AvgIpc) is 3.32. The number of hydrogen-bond acceptors (Lipinski definition) is 1. The predicted molar refractivity (Wildman–Crippen MR) is 107 cm³/mol. The summed E-state index contributed by atoms with van der Waals surface area (Å²) in [5.74, 6) is 2.70. The number of para-hydroxylation sites is 1. The molecule has 3 nitrogen and oxygen atoms in total. The van der Waals surface area contributed by atoms with E-state index in [-0.39, 0.29) is 5.82 Å². The Morgan fingerprint density at radius 3 is 2.41 bits per heavy atom. The second-order valence-corrected chi connectivity index (χ2v) is 9.37. The highest BCUT2D eigenvalue weighted by Crippen LogP contribution is 2.42. The van der Waals surface area contributed by atoms with Gasteiger partial charge < -0.3 is 14.7 Å². The number of piperidine rings is 1. The molecule has 3 atom stereocenters. The number of quaternary nitrogens is 2. The van der Waals surface area contributed by atoms with Gasteiger partial charge in [-0.2, -0.15) is 0 Å². The summed E-state index contributed by atoms with van der Waals surface area (Å²) in [5, 5.41) is 0. The van der Waals surface area contributed by atoms with Gasteiger partial charge in [0.2, 0.25) is 0 Å². The minimum atomic E-state index is -0.0756. The van der Waals surface area contributed by atoms with Crippen molar-refractivity contribution in [2.24, 2.45) is 17.8 Å². The molecule has 0 aromatic heterocycles. The Balaban J connectivity index is 1.08. The zero-order valence-corrected chi connectivity index (χ0v) is 16.4. The molecule has 0 unspecified atom stereocenters. The number of fused-ring (bicyclic) bond motifs is 2. The molecule has 146 valence electrons. The summed E-state index contributed by atoms with van der Waals surface area (Å²) in [6.45, 7) is 8.43. The fourth-order valence-corrected chi connectivity index (χ4v) is 6.29. The topological polar surface area (TPSA) is 12.1 Å². The highest BCUT2D eigenvalue weighted by molar-refractivity contribution is 5.47. The van der Waals surface area contributed by atoms with E-state index in [4.69, 9.17) is 0 Å². The Morgan fingerprint density at radius 1 is 0.963 bits per heavy atom. The lowest BCUT2D eigenvalue weighted by molar-refractivity contribution is -0.959. The Morgan fingerprint density at radius 2 is 1.74 bits per heavy atom. The Hall–Kier alpha value is -1.39. The summed E-state index contributed by atoms with van der Waals surface area (Å²) < 4.78 is 14.0. The number of rotatable bonds is 4. The second-order valence-electron chi connectivity index (χ2n) is 9.37. The number of allylic oxidation sites excluding steroid dienone is 2. The summed E-state index contributed by atoms with van der Waals surface area (Å²) in [5.41, 5.74) is 0.788. The van der Waals surface area contributed by atoms with Crippen molar-refractivity contribution in [3.63, 3.8) is 0 Å². The molecule has 1 aromatic carbocycles. The van der Waals surface area contributed by atoms with Crippen molar-refractivity contribution < 1.29 is 14.2 Å². The minimum absolute atomic E-state index is 0.0756. The van der Waals surface area contributed by atoms with Crippen LogP contribution in [0, 0.1) is 23.6 Å². The van der Waals surface area contributed by atoms with Gasteiger partial charge in [-0.05, 0) is 36.8 Å². The van der Waals surface area contributed by atoms with E-state index in [1.165, 1.54) is 45.3 Å². The molecule has 0 spiro atoms. The van der Waals surface area contributed by atoms with E-state index < -0.39 is 0 Å². The van der Waals surface area contributed by atoms with Crippen LogP contribution in [-0.4, -0.2) is 51.9 Å². The molecular formula is C23H34FN3+2. The SMILES string of the molecule is Fc1ccccc1N1CC[NH+](C2CC[NH+](C[C@H]3C[C@@H]4C=C[C@H]3C4)CC2)CC1. The third-order valence-corrected chi connectivity index (χ3v) is 7.84. The van der Waals surface area contributed by atoms with Crippen molar-refractivity contribution in [3.05, 3.63) is 42.2 Å². The predicted octanol–water partition coefficient (Wildman–Crippen LogP) is 0.790. The molecule has 3 fully saturated rings. The Kier molecular flexibility index (Phi) is 4.95. The quantitative estimate of drug-likeness (QED) is 0.746. The van der Waals surface area contributed by atoms with E-state index in [1.54, 1.807) is 17.0 Å². The van der Waals surface area contributed by atoms with Gasteiger partial charge in [-0.1, -0.05) is 24.3 Å². The first-order chi connectivity index (χ1) is 13.3. The summed E-state index contributed by atoms with van der Waals surface area (Å²) in [4.78, 5) is 5.87. The maximum Gasteiger partial charge on any atom is 0.146 e. The fourth-order valence-electron chi connectivity index (χ4n) is 6.29. The number of benzene rings is 1. The Bertz CT molecular complexity index is 674. The Labute approximate surface area is 162 Å². The summed E-state index contributed by atoms with van der Waals surface area (Å²) in [6.07, 6.45) is 10.6. The first kappa shape index (κ1) is 17.7. The summed E-state index contributed by atoms with van der Waals surface area (Å²) in [6, 6.07) is 8.06. The van der Waals surface area contributed by atoms with Crippen LogP contribution in [0.3, 0.4) is 0 Å². The van der Waals surface area contributed by atoms with Crippen molar-refractivity contribution in [1.29, 1.82) is 0 Å². The monoisotopic (exact) mass is 371 g/mol. The van der Waals surface area contributed by atoms with Gasteiger partial charge >= 0.3 is 0 Å². The van der Waals surface area contributed by atoms with Crippen LogP contribution < -0.4 is 14.7 Å². The maximum absolute atomic E-state index is 14.0. The highest BCUT2D eigenvalue weighted by atomic mass is 19.1. The first-order valence-electron chi connectivity index (χ1n) is 11.1. The normalized spacial score (nSPS) is 36.5. The molecular weight excluding hydrogens is 337 g/mol. The van der Waals surface area contributed by atoms with Gasteiger partial charge in [-0.3, -0.25) is 0 Å². The van der Waals surface area contributed by atoms with Gasteiger partial charge in [0.05, 0.1) is 57.5 Å². The molecule has 0 radical (unpaired) electrons. The number of nitrogens with zero attached hydrogens (tertiary/aromatic N) is 1. The molecule has 5 rings (SSSR count). The van der Waals surface area contributed by atoms with Crippen LogP contribution in [0.1, 0.15) is 25.7 Å². The number of halogens is 1. The van der Waals surface area contributed by atoms with Gasteiger partial charge in [0.25, 0.3) is 0 Å². The zero-order valence-electron chi connectivity index (χ0n) is 16.4. The fraction of sp³-hybridized carbons (Fsp3) is 0.652. The van der Waals surface area contributed by atoms with Gasteiger partial charge in [-0.25, -0.2) is 4.39 Å². The third-order valence-electron chi connectivity index (χ3n) is 7.84. The lowest BCUT2D eigenvalue weighted by Gasteiger charge is -2.40. The molecule has 1 aromatic rings. The van der Waals surface area contributed by atoms with Crippen LogP contribution in [0.5, 0.6) is 0 Å². The van der Waals surface area contributed by atoms with Gasteiger partial charge in [-0.15, -0.1) is 0 Å². The van der Waals surface area contributed by atoms with E-state index in [2.05, 4.69) is 17.1 Å². The van der Waals surface area contributed by atoms with Crippen LogP contribution in [0.2, 0.25) is 0 Å². The van der Waals surface area contributed by atoms with Gasteiger partial charge in [0.1, 0.15) is 5.82 Å². The van der Waals surface area contributed by atoms with Crippen LogP contribution >= 0.6 is 0 Å². The molecule has 2 bridgehead atoms. The third kappa shape index (κ3) is 3.66. The van der Waals surface area contributed by atoms with Gasteiger partial charge in [0.15, 0.2) is 0 Å². The van der Waals surface area contributed by atoms with Gasteiger partial charge in [0, 0.05) is 18.8 Å². The van der Waals surface area contributed by atoms with E-state index in [9.17, 15) is 4.39 Å². The smallest absolute Gasteiger partial charge is 0.146 e. The summed E-state index contributed by atoms with van der Waals surface area (Å²) >= 11 is 0. The molecule has 2 aliphatic carbocycles. The summed E-state index contributed by atoms with van der Waals surface area (Å²) in [7, 11) is 0. The minimum Gasteiger partial charge on any atom is -0.358 e. The van der Waals surface area contributed by atoms with E-state index >= 15 is 0 Å². The molecule has 4 aliphatic rings. The highest BCUT2D eigenvalue weighted by Gasteiger charge is 2.39. The van der Waals surface area contributed by atoms with E-state index in [0.717, 1.165) is 55.7 Å². The van der Waals surface area contributed by atoms with Crippen LogP contribution in [0.15, 0.2) is 36.4 Å². The molecule has 4 heteroatoms. The van der Waals surface area contributed by atoms with Crippen molar-refractivity contribution in [1.82, 2.24) is 0 Å². The number of hydrogen-bond donors (Lipinski definition) is 2. The van der Waals surface area contributed by atoms with Crippen molar-refractivity contribution >= 4 is 5.69 Å². The number of nitrogens with one attached hydrogen (secondary N) is 2. The van der Waals surface area contributed by atoms with Crippen molar-refractivity contribution in [2.45, 2.75) is 31.7 Å². The average molecular weight is 372 g/mol. The second kappa shape index (κ2) is 7.56. The van der Waals surface area contributed by atoms with Crippen molar-refractivity contribution in [3.8, 4) is 0 Å². The standard InChI is InChI=1S/C23H32FN3/c24-22-3-1-2-4-23(22)27-13-11-26(12-14-27)21-7-9-25(10-8-21)17-20-16-18-5-6-19(20)15-18/h1-6,18-21H,7-17H2/p+2/t18-,19+,20-/m1/s1. The number of anilines is 1. The molecule has 0 amide bonds. The van der Waals surface area contributed by atoms with Crippen LogP contribution in [-0.2, 0) is 0 Å². The van der Waals surface area contributed by atoms with E-state index in [0.29, 0.717) is 0 Å². The molecule has 2 heterocycles. The molecule has 2 N–H and O–H groups in total. The first-order valence-corrected chi connectivity index (χ1v) is 11.1. The molecule has 2 saturated heterocycles.